The van der Waals surface area contributed by atoms with Crippen LogP contribution in [0, 0.1) is 6.92 Å². The molecule has 0 fully saturated rings. The van der Waals surface area contributed by atoms with Crippen LogP contribution in [0.5, 0.6) is 0 Å². The van der Waals surface area contributed by atoms with Gasteiger partial charge in [-0.2, -0.15) is 9.67 Å². The maximum atomic E-state index is 12.6. The van der Waals surface area contributed by atoms with Crippen molar-refractivity contribution in [2.45, 2.75) is 31.5 Å². The number of aryl methyl sites for hydroxylation is 2. The van der Waals surface area contributed by atoms with E-state index in [4.69, 9.17) is 18.7 Å². The van der Waals surface area contributed by atoms with Crippen molar-refractivity contribution >= 4 is 10.9 Å². The number of aromatic amines is 2. The number of fused-ring (bicyclic) bond motifs is 3. The summed E-state index contributed by atoms with van der Waals surface area (Å²) >= 11 is 0. The standard InChI is InChI=1S/C27H25N9O4/c1-14-8-9-18(28-11-14)20-12-29-23(31-20)19-10-16-15-6-4-5-7-17(15)30-22(16)27(33-19,25-34-36(2)26(37)39-25)24-32-21(13-38-3)40-35-24/h4-9,11-12,19,30,33H,10,13H2,1-3H3,(H,29,31). The Morgan fingerprint density at radius 2 is 2.05 bits per heavy atom. The van der Waals surface area contributed by atoms with Gasteiger partial charge in [-0.1, -0.05) is 29.4 Å². The molecule has 0 aliphatic carbocycles. The first-order valence-corrected chi connectivity index (χ1v) is 12.7. The number of imidazole rings is 1. The topological polar surface area (TPSA) is 166 Å². The zero-order valence-corrected chi connectivity index (χ0v) is 21.9. The molecule has 5 aromatic heterocycles. The molecule has 7 rings (SSSR count). The van der Waals surface area contributed by atoms with Gasteiger partial charge in [0.05, 0.1) is 17.4 Å². The van der Waals surface area contributed by atoms with Gasteiger partial charge in [-0.15, -0.1) is 5.10 Å². The van der Waals surface area contributed by atoms with E-state index in [1.807, 2.05) is 55.7 Å². The van der Waals surface area contributed by atoms with Crippen molar-refractivity contribution in [2.75, 3.05) is 7.11 Å². The Morgan fingerprint density at radius 1 is 1.18 bits per heavy atom. The molecule has 0 saturated heterocycles. The van der Waals surface area contributed by atoms with Crippen LogP contribution in [0.1, 0.15) is 46.3 Å². The fraction of sp³-hybridized carbons (Fsp3) is 0.259. The van der Waals surface area contributed by atoms with Crippen molar-refractivity contribution in [1.29, 1.82) is 0 Å². The van der Waals surface area contributed by atoms with Gasteiger partial charge in [-0.25, -0.2) is 9.78 Å². The van der Waals surface area contributed by atoms with Gasteiger partial charge < -0.3 is 23.6 Å². The summed E-state index contributed by atoms with van der Waals surface area (Å²) in [6.45, 7) is 2.10. The van der Waals surface area contributed by atoms with E-state index in [-0.39, 0.29) is 30.3 Å². The Hall–Kier alpha value is -4.88. The molecule has 0 bridgehead atoms. The number of nitrogens with one attached hydrogen (secondary N) is 3. The summed E-state index contributed by atoms with van der Waals surface area (Å²) in [7, 11) is 3.06. The molecule has 0 radical (unpaired) electrons. The summed E-state index contributed by atoms with van der Waals surface area (Å²) in [6, 6.07) is 11.5. The summed E-state index contributed by atoms with van der Waals surface area (Å²) in [6.07, 6.45) is 4.20. The number of rotatable bonds is 6. The first-order valence-electron chi connectivity index (χ1n) is 12.7. The molecule has 1 aliphatic heterocycles. The minimum absolute atomic E-state index is 0.0641. The van der Waals surface area contributed by atoms with E-state index in [2.05, 4.69) is 35.5 Å². The second-order valence-electron chi connectivity index (χ2n) is 9.81. The highest BCUT2D eigenvalue weighted by molar-refractivity contribution is 5.86. The lowest BCUT2D eigenvalue weighted by Crippen LogP contribution is -2.52. The fourth-order valence-electron chi connectivity index (χ4n) is 5.28. The zero-order valence-electron chi connectivity index (χ0n) is 21.9. The number of pyridine rings is 1. The predicted octanol–water partition coefficient (Wildman–Crippen LogP) is 2.66. The molecule has 1 aromatic carbocycles. The molecule has 40 heavy (non-hydrogen) atoms. The molecule has 1 aliphatic rings. The molecular formula is C27H25N9O4. The molecule has 0 spiro atoms. The Bertz CT molecular complexity index is 1890. The van der Waals surface area contributed by atoms with Gasteiger partial charge in [0.1, 0.15) is 18.1 Å². The average molecular weight is 540 g/mol. The molecule has 2 atom stereocenters. The molecule has 13 nitrogen and oxygen atoms in total. The summed E-state index contributed by atoms with van der Waals surface area (Å²) in [4.78, 5) is 33.4. The number of methoxy groups -OCH3 is 1. The molecule has 0 amide bonds. The van der Waals surface area contributed by atoms with Gasteiger partial charge in [0.25, 0.3) is 11.8 Å². The second kappa shape index (κ2) is 9.10. The van der Waals surface area contributed by atoms with E-state index in [0.29, 0.717) is 23.6 Å². The number of H-pyrrole nitrogens is 2. The Morgan fingerprint density at radius 3 is 2.83 bits per heavy atom. The van der Waals surface area contributed by atoms with E-state index in [9.17, 15) is 4.79 Å². The SMILES string of the molecule is COCc1nc(C2(c3nn(C)c(=O)o3)NC(c3nc(-c4ccc(C)cn4)c[nH]3)Cc3c2[nH]c2ccccc32)no1. The third kappa shape index (κ3) is 3.70. The van der Waals surface area contributed by atoms with Crippen molar-refractivity contribution < 1.29 is 13.7 Å². The number of hydrogen-bond donors (Lipinski definition) is 3. The van der Waals surface area contributed by atoms with Crippen LogP contribution in [0.2, 0.25) is 0 Å². The normalized spacial score (nSPS) is 18.8. The van der Waals surface area contributed by atoms with Crippen LogP contribution < -0.4 is 11.1 Å². The van der Waals surface area contributed by atoms with E-state index in [1.165, 1.54) is 7.05 Å². The highest BCUT2D eigenvalue weighted by Gasteiger charge is 2.53. The van der Waals surface area contributed by atoms with Gasteiger partial charge in [0, 0.05) is 37.5 Å². The van der Waals surface area contributed by atoms with E-state index >= 15 is 0 Å². The van der Waals surface area contributed by atoms with E-state index in [1.54, 1.807) is 7.11 Å². The Labute approximate surface area is 226 Å². The van der Waals surface area contributed by atoms with Crippen LogP contribution in [0.4, 0.5) is 0 Å². The lowest BCUT2D eigenvalue weighted by molar-refractivity contribution is 0.151. The van der Waals surface area contributed by atoms with Crippen LogP contribution >= 0.6 is 0 Å². The van der Waals surface area contributed by atoms with Crippen LogP contribution in [0.25, 0.3) is 22.3 Å². The van der Waals surface area contributed by atoms with Gasteiger partial charge in [-0.3, -0.25) is 10.3 Å². The van der Waals surface area contributed by atoms with Gasteiger partial charge >= 0.3 is 5.76 Å². The van der Waals surface area contributed by atoms with Gasteiger partial charge in [0.2, 0.25) is 11.4 Å². The summed E-state index contributed by atoms with van der Waals surface area (Å²) < 4.78 is 17.6. The lowest BCUT2D eigenvalue weighted by atomic mass is 9.82. The molecule has 0 saturated carbocycles. The second-order valence-corrected chi connectivity index (χ2v) is 9.81. The Balaban J connectivity index is 1.45. The molecular weight excluding hydrogens is 514 g/mol. The third-order valence-electron chi connectivity index (χ3n) is 7.17. The van der Waals surface area contributed by atoms with Crippen LogP contribution in [-0.4, -0.2) is 47.0 Å². The minimum atomic E-state index is -1.41. The molecule has 3 N–H and O–H groups in total. The summed E-state index contributed by atoms with van der Waals surface area (Å²) in [5.41, 5.74) is 3.69. The molecule has 13 heteroatoms. The summed E-state index contributed by atoms with van der Waals surface area (Å²) in [5.74, 6) is 0.585. The van der Waals surface area contributed by atoms with Crippen molar-refractivity contribution in [1.82, 2.24) is 45.2 Å². The van der Waals surface area contributed by atoms with Crippen molar-refractivity contribution in [3.05, 3.63) is 99.6 Å². The first kappa shape index (κ1) is 24.2. The maximum absolute atomic E-state index is 12.6. The first-order chi connectivity index (χ1) is 19.5. The van der Waals surface area contributed by atoms with E-state index < -0.39 is 11.3 Å². The van der Waals surface area contributed by atoms with Crippen LogP contribution in [-0.2, 0) is 30.4 Å². The smallest absolute Gasteiger partial charge is 0.389 e. The maximum Gasteiger partial charge on any atom is 0.436 e. The zero-order chi connectivity index (χ0) is 27.4. The molecule has 6 aromatic rings. The highest BCUT2D eigenvalue weighted by Crippen LogP contribution is 2.45. The van der Waals surface area contributed by atoms with Crippen molar-refractivity contribution in [2.24, 2.45) is 7.05 Å². The predicted molar refractivity (Wildman–Crippen MR) is 141 cm³/mol. The number of hydrogen-bond acceptors (Lipinski definition) is 10. The minimum Gasteiger partial charge on any atom is -0.389 e. The van der Waals surface area contributed by atoms with Crippen molar-refractivity contribution in [3.63, 3.8) is 0 Å². The third-order valence-corrected chi connectivity index (χ3v) is 7.17. The monoisotopic (exact) mass is 539 g/mol. The van der Waals surface area contributed by atoms with Gasteiger partial charge in [0.15, 0.2) is 0 Å². The average Bonchev–Trinajstić information content (AvgIpc) is 3.76. The van der Waals surface area contributed by atoms with E-state index in [0.717, 1.165) is 32.4 Å². The molecule has 6 heterocycles. The quantitative estimate of drug-likeness (QED) is 0.286. The van der Waals surface area contributed by atoms with Crippen molar-refractivity contribution in [3.8, 4) is 11.4 Å². The molecule has 2 unspecified atom stereocenters. The summed E-state index contributed by atoms with van der Waals surface area (Å²) in [5, 5.41) is 13.4. The van der Waals surface area contributed by atoms with Gasteiger partial charge in [-0.05, 0) is 36.6 Å². The van der Waals surface area contributed by atoms with Crippen LogP contribution in [0.15, 0.2) is 62.5 Å². The lowest BCUT2D eigenvalue weighted by Gasteiger charge is -2.37. The highest BCUT2D eigenvalue weighted by atomic mass is 16.5. The fourth-order valence-corrected chi connectivity index (χ4v) is 5.28. The Kier molecular flexibility index (Phi) is 5.50. The number of para-hydroxylation sites is 1. The molecule has 202 valence electrons. The largest absolute Gasteiger partial charge is 0.436 e. The number of ether oxygens (including phenoxy) is 1. The number of benzene rings is 1. The number of aromatic nitrogens is 8. The van der Waals surface area contributed by atoms with Crippen LogP contribution in [0.3, 0.4) is 0 Å². The number of nitrogens with zero attached hydrogens (tertiary/aromatic N) is 6.